The fraction of sp³-hybridized carbons (Fsp3) is 0.286. The van der Waals surface area contributed by atoms with Crippen molar-refractivity contribution in [1.29, 1.82) is 0 Å². The number of nitrogens with zero attached hydrogens (tertiary/aromatic N) is 1. The van der Waals surface area contributed by atoms with Gasteiger partial charge in [-0.2, -0.15) is 0 Å². The molecule has 0 bridgehead atoms. The highest BCUT2D eigenvalue weighted by molar-refractivity contribution is 5.79. The van der Waals surface area contributed by atoms with Crippen LogP contribution in [0.2, 0.25) is 0 Å². The zero-order valence-corrected chi connectivity index (χ0v) is 15.5. The number of carboxylic acid groups (broad SMARTS) is 1. The Morgan fingerprint density at radius 1 is 1.07 bits per heavy atom. The van der Waals surface area contributed by atoms with E-state index in [0.29, 0.717) is 12.8 Å². The smallest absolute Gasteiger partial charge is 0.408 e. The van der Waals surface area contributed by atoms with E-state index in [1.807, 2.05) is 60.7 Å². The number of unbranched alkanes of at least 4 members (excludes halogenated alkanes) is 1. The van der Waals surface area contributed by atoms with E-state index >= 15 is 0 Å². The van der Waals surface area contributed by atoms with Crippen LogP contribution in [-0.4, -0.2) is 40.7 Å². The lowest BCUT2D eigenvalue weighted by molar-refractivity contribution is -0.453. The zero-order chi connectivity index (χ0) is 20.2. The van der Waals surface area contributed by atoms with Gasteiger partial charge in [-0.15, -0.1) is 0 Å². The molecular weight excluding hydrogens is 360 g/mol. The Morgan fingerprint density at radius 2 is 1.71 bits per heavy atom. The molecule has 7 heteroatoms. The molecule has 0 aromatic heterocycles. The number of hydrogen-bond acceptors (Lipinski definition) is 4. The molecule has 2 aromatic carbocycles. The van der Waals surface area contributed by atoms with Gasteiger partial charge in [0.25, 0.3) is 0 Å². The highest BCUT2D eigenvalue weighted by Crippen LogP contribution is 2.05. The van der Waals surface area contributed by atoms with E-state index in [9.17, 15) is 19.9 Å². The third kappa shape index (κ3) is 7.90. The van der Waals surface area contributed by atoms with Crippen molar-refractivity contribution in [3.05, 3.63) is 77.0 Å². The van der Waals surface area contributed by atoms with Crippen LogP contribution in [0.25, 0.3) is 0 Å². The summed E-state index contributed by atoms with van der Waals surface area (Å²) in [5.41, 5.74) is 1.62. The van der Waals surface area contributed by atoms with Crippen molar-refractivity contribution in [3.63, 3.8) is 0 Å². The zero-order valence-electron chi connectivity index (χ0n) is 15.5. The maximum atomic E-state index is 11.8. The third-order valence-electron chi connectivity index (χ3n) is 4.02. The average molecular weight is 384 g/mol. The van der Waals surface area contributed by atoms with E-state index in [-0.39, 0.29) is 19.6 Å². The number of carbonyl (C=O) groups is 2. The highest BCUT2D eigenvalue weighted by atomic mass is 16.5. The van der Waals surface area contributed by atoms with Gasteiger partial charge in [-0.1, -0.05) is 48.5 Å². The van der Waals surface area contributed by atoms with Gasteiger partial charge in [0.2, 0.25) is 0 Å². The molecule has 7 nitrogen and oxygen atoms in total. The van der Waals surface area contributed by atoms with Crippen LogP contribution in [0.3, 0.4) is 0 Å². The maximum absolute atomic E-state index is 11.8. The van der Waals surface area contributed by atoms with Gasteiger partial charge in [0.1, 0.15) is 12.6 Å². The van der Waals surface area contributed by atoms with Gasteiger partial charge in [-0.05, 0) is 30.5 Å². The Balaban J connectivity index is 1.71. The Kier molecular flexibility index (Phi) is 8.52. The SMILES string of the molecule is O=C(N[C@H](CCCC/[N+]([O-])=C/c1ccccc1)C(=O)O)OCc1ccccc1. The molecular formula is C21H24N2O5. The quantitative estimate of drug-likeness (QED) is 0.215. The molecule has 0 unspecified atom stereocenters. The minimum atomic E-state index is -1.13. The summed E-state index contributed by atoms with van der Waals surface area (Å²) < 4.78 is 5.87. The van der Waals surface area contributed by atoms with Gasteiger partial charge >= 0.3 is 12.1 Å². The van der Waals surface area contributed by atoms with E-state index in [1.54, 1.807) is 0 Å². The van der Waals surface area contributed by atoms with E-state index < -0.39 is 18.1 Å². The molecule has 2 N–H and O–H groups in total. The molecule has 1 atom stereocenters. The van der Waals surface area contributed by atoms with Gasteiger partial charge in [0.05, 0.1) is 0 Å². The summed E-state index contributed by atoms with van der Waals surface area (Å²) in [5.74, 6) is -1.13. The van der Waals surface area contributed by atoms with Crippen molar-refractivity contribution < 1.29 is 24.2 Å². The van der Waals surface area contributed by atoms with Crippen molar-refractivity contribution in [1.82, 2.24) is 5.32 Å². The first-order valence-electron chi connectivity index (χ1n) is 9.08. The summed E-state index contributed by atoms with van der Waals surface area (Å²) in [7, 11) is 0. The fourth-order valence-corrected chi connectivity index (χ4v) is 2.55. The predicted molar refractivity (Wildman–Crippen MR) is 105 cm³/mol. The molecule has 0 spiro atoms. The number of ether oxygens (including phenoxy) is 1. The normalized spacial score (nSPS) is 12.2. The van der Waals surface area contributed by atoms with E-state index in [0.717, 1.165) is 15.9 Å². The number of carboxylic acids is 1. The predicted octanol–water partition coefficient (Wildman–Crippen LogP) is 3.17. The van der Waals surface area contributed by atoms with Crippen molar-refractivity contribution in [3.8, 4) is 0 Å². The fourth-order valence-electron chi connectivity index (χ4n) is 2.55. The van der Waals surface area contributed by atoms with Crippen LogP contribution in [-0.2, 0) is 16.1 Å². The second-order valence-electron chi connectivity index (χ2n) is 6.27. The molecule has 0 saturated carbocycles. The number of carbonyl (C=O) groups excluding carboxylic acids is 1. The molecule has 148 valence electrons. The van der Waals surface area contributed by atoms with Gasteiger partial charge in [-0.3, -0.25) is 0 Å². The maximum Gasteiger partial charge on any atom is 0.408 e. The second-order valence-corrected chi connectivity index (χ2v) is 6.27. The first-order chi connectivity index (χ1) is 13.5. The number of amides is 1. The second kappa shape index (κ2) is 11.4. The van der Waals surface area contributed by atoms with Crippen molar-refractivity contribution in [2.24, 2.45) is 0 Å². The molecule has 1 amide bonds. The Morgan fingerprint density at radius 3 is 2.36 bits per heavy atom. The monoisotopic (exact) mass is 384 g/mol. The molecule has 0 saturated heterocycles. The lowest BCUT2D eigenvalue weighted by Gasteiger charge is -2.14. The summed E-state index contributed by atoms with van der Waals surface area (Å²) in [4.78, 5) is 23.1. The molecule has 0 aliphatic rings. The van der Waals surface area contributed by atoms with Crippen molar-refractivity contribution in [2.75, 3.05) is 6.54 Å². The summed E-state index contributed by atoms with van der Waals surface area (Å²) in [6.45, 7) is 0.319. The summed E-state index contributed by atoms with van der Waals surface area (Å²) in [5, 5.41) is 23.5. The first-order valence-corrected chi connectivity index (χ1v) is 9.08. The first kappa shape index (κ1) is 21.0. The van der Waals surface area contributed by atoms with Crippen molar-refractivity contribution >= 4 is 18.3 Å². The third-order valence-corrected chi connectivity index (χ3v) is 4.02. The molecule has 0 heterocycles. The lowest BCUT2D eigenvalue weighted by atomic mass is 10.1. The number of rotatable bonds is 10. The van der Waals surface area contributed by atoms with Crippen LogP contribution in [0.4, 0.5) is 4.79 Å². The summed E-state index contributed by atoms with van der Waals surface area (Å²) in [6, 6.07) is 17.3. The van der Waals surface area contributed by atoms with Crippen LogP contribution in [0, 0.1) is 5.21 Å². The molecule has 28 heavy (non-hydrogen) atoms. The van der Waals surface area contributed by atoms with Gasteiger partial charge < -0.3 is 20.4 Å². The van der Waals surface area contributed by atoms with Gasteiger partial charge in [0.15, 0.2) is 12.8 Å². The van der Waals surface area contributed by atoms with Crippen LogP contribution < -0.4 is 5.32 Å². The standard InChI is InChI=1S/C21H24N2O5/c24-20(25)19(22-21(26)28-16-18-11-5-2-6-12-18)13-7-8-14-23(27)15-17-9-3-1-4-10-17/h1-6,9-12,15,19H,7-8,13-14,16H2,(H,22,26)(H,24,25)/b23-15-/t19-/m1/s1. The van der Waals surface area contributed by atoms with Gasteiger partial charge in [0, 0.05) is 12.0 Å². The Bertz CT molecular complexity index is 778. The van der Waals surface area contributed by atoms with E-state index in [4.69, 9.17) is 4.74 Å². The largest absolute Gasteiger partial charge is 0.624 e. The number of hydroxylamine groups is 1. The van der Waals surface area contributed by atoms with E-state index in [2.05, 4.69) is 5.32 Å². The molecule has 0 aliphatic heterocycles. The number of benzene rings is 2. The summed E-state index contributed by atoms with van der Waals surface area (Å²) >= 11 is 0. The van der Waals surface area contributed by atoms with Crippen LogP contribution in [0.15, 0.2) is 60.7 Å². The number of alkyl carbamates (subject to hydrolysis) is 1. The molecule has 0 radical (unpaired) electrons. The van der Waals surface area contributed by atoms with Crippen LogP contribution in [0.5, 0.6) is 0 Å². The molecule has 2 rings (SSSR count). The highest BCUT2D eigenvalue weighted by Gasteiger charge is 2.20. The minimum Gasteiger partial charge on any atom is -0.624 e. The Hall–Kier alpha value is -3.35. The van der Waals surface area contributed by atoms with Gasteiger partial charge in [-0.25, -0.2) is 14.3 Å². The number of aliphatic carboxylic acids is 1. The number of nitrogens with one attached hydrogen (secondary N) is 1. The molecule has 0 aliphatic carbocycles. The molecule has 2 aromatic rings. The Labute approximate surface area is 163 Å². The minimum absolute atomic E-state index is 0.0689. The lowest BCUT2D eigenvalue weighted by Crippen LogP contribution is -2.41. The average Bonchev–Trinajstić information content (AvgIpc) is 2.70. The van der Waals surface area contributed by atoms with E-state index in [1.165, 1.54) is 6.21 Å². The number of hydrogen-bond donors (Lipinski definition) is 2. The molecule has 0 fully saturated rings. The van der Waals surface area contributed by atoms with Crippen LogP contribution in [0.1, 0.15) is 30.4 Å². The van der Waals surface area contributed by atoms with Crippen LogP contribution >= 0.6 is 0 Å². The topological polar surface area (TPSA) is 102 Å². The van der Waals surface area contributed by atoms with Crippen molar-refractivity contribution in [2.45, 2.75) is 31.9 Å². The summed E-state index contributed by atoms with van der Waals surface area (Å²) in [6.07, 6.45) is 1.93.